The van der Waals surface area contributed by atoms with E-state index in [0.717, 1.165) is 24.9 Å². The maximum Gasteiger partial charge on any atom is 0.176 e. The summed E-state index contributed by atoms with van der Waals surface area (Å²) in [4.78, 5) is 0. The van der Waals surface area contributed by atoms with Crippen LogP contribution in [0, 0.1) is 0 Å². The normalized spacial score (nSPS) is 13.4. The lowest BCUT2D eigenvalue weighted by Crippen LogP contribution is -2.32. The Morgan fingerprint density at radius 1 is 0.778 bits per heavy atom. The van der Waals surface area contributed by atoms with E-state index in [4.69, 9.17) is 0 Å². The van der Waals surface area contributed by atoms with Crippen LogP contribution in [0.5, 0.6) is 0 Å². The minimum atomic E-state index is -2.64. The van der Waals surface area contributed by atoms with Crippen molar-refractivity contribution in [2.24, 2.45) is 0 Å². The lowest BCUT2D eigenvalue weighted by molar-refractivity contribution is 0.406. The Labute approximate surface area is 162 Å². The van der Waals surface area contributed by atoms with Gasteiger partial charge in [0.05, 0.1) is 0 Å². The molecule has 0 heterocycles. The first-order valence-corrected chi connectivity index (χ1v) is 11.4. The highest BCUT2D eigenvalue weighted by atomic mass is 31.2. The summed E-state index contributed by atoms with van der Waals surface area (Å²) in [6.07, 6.45) is 0. The molecule has 0 amide bonds. The topological polar surface area (TPSA) is 32.3 Å². The van der Waals surface area contributed by atoms with E-state index in [-0.39, 0.29) is 0 Å². The van der Waals surface area contributed by atoms with Crippen LogP contribution in [-0.2, 0) is 17.7 Å². The van der Waals surface area contributed by atoms with Gasteiger partial charge in [0.1, 0.15) is 0 Å². The number of rotatable bonds is 9. The van der Waals surface area contributed by atoms with Gasteiger partial charge in [0.2, 0.25) is 0 Å². The largest absolute Gasteiger partial charge is 0.311 e. The van der Waals surface area contributed by atoms with Gasteiger partial charge in [-0.3, -0.25) is 0 Å². The van der Waals surface area contributed by atoms with Crippen molar-refractivity contribution in [3.63, 3.8) is 0 Å². The van der Waals surface area contributed by atoms with Gasteiger partial charge in [-0.1, -0.05) is 91.0 Å². The molecular weight excluding hydrogens is 351 g/mol. The lowest BCUT2D eigenvalue weighted by atomic mass is 10.2. The summed E-state index contributed by atoms with van der Waals surface area (Å²) in [6, 6.07) is 30.4. The molecule has 1 atom stereocenters. The molecule has 0 aliphatic carbocycles. The van der Waals surface area contributed by atoms with Gasteiger partial charge in [-0.05, 0) is 11.1 Å². The first-order valence-electron chi connectivity index (χ1n) is 9.33. The van der Waals surface area contributed by atoms with Gasteiger partial charge in [-0.2, -0.15) is 0 Å². The summed E-state index contributed by atoms with van der Waals surface area (Å²) in [6.45, 7) is 4.88. The maximum absolute atomic E-state index is 13.7. The molecule has 0 aromatic heterocycles. The van der Waals surface area contributed by atoms with Crippen molar-refractivity contribution in [1.29, 1.82) is 0 Å². The summed E-state index contributed by atoms with van der Waals surface area (Å²) in [5.41, 5.74) is 2.44. The minimum Gasteiger partial charge on any atom is -0.311 e. The third-order valence-corrected chi connectivity index (χ3v) is 7.38. The highest BCUT2D eigenvalue weighted by molar-refractivity contribution is 7.68. The average Bonchev–Trinajstić information content (AvgIpc) is 2.72. The van der Waals surface area contributed by atoms with Crippen molar-refractivity contribution in [2.75, 3.05) is 19.8 Å². The van der Waals surface area contributed by atoms with Crippen LogP contribution in [0.25, 0.3) is 0 Å². The Morgan fingerprint density at radius 2 is 1.30 bits per heavy atom. The second kappa shape index (κ2) is 9.66. The molecule has 0 aliphatic rings. The Bertz CT molecular complexity index is 853. The zero-order valence-corrected chi connectivity index (χ0v) is 16.7. The van der Waals surface area contributed by atoms with Crippen LogP contribution in [0.15, 0.2) is 91.0 Å². The summed E-state index contributed by atoms with van der Waals surface area (Å²) in [5, 5.41) is 4.39. The molecule has 0 fully saturated rings. The molecule has 1 unspecified atom stereocenters. The van der Waals surface area contributed by atoms with Crippen LogP contribution >= 0.6 is 7.29 Å². The Balaban J connectivity index is 1.68. The molecule has 140 valence electrons. The van der Waals surface area contributed by atoms with Crippen molar-refractivity contribution in [2.45, 2.75) is 13.1 Å². The molecule has 4 heteroatoms. The molecule has 0 radical (unpaired) electrons. The fourth-order valence-electron chi connectivity index (χ4n) is 3.10. The van der Waals surface area contributed by atoms with Gasteiger partial charge in [-0.15, -0.1) is 0 Å². The van der Waals surface area contributed by atoms with E-state index < -0.39 is 7.29 Å². The average molecular weight is 378 g/mol. The van der Waals surface area contributed by atoms with Crippen LogP contribution in [0.1, 0.15) is 11.1 Å². The van der Waals surface area contributed by atoms with E-state index in [9.17, 15) is 4.57 Å². The number of nitrogens with one attached hydrogen (secondary N) is 1. The smallest absolute Gasteiger partial charge is 0.176 e. The lowest BCUT2D eigenvalue weighted by Gasteiger charge is -2.30. The second-order valence-electron chi connectivity index (χ2n) is 6.75. The van der Waals surface area contributed by atoms with Crippen molar-refractivity contribution < 1.29 is 4.57 Å². The standard InChI is InChI=1S/C23H27N2OP/c1-27(26,23-15-9-4-10-16-23)25(20-22-13-7-3-8-14-22)18-17-24-19-21-11-5-2-6-12-21/h2-16,24H,17-20H2,1H3. The molecular formula is C23H27N2OP. The van der Waals surface area contributed by atoms with Gasteiger partial charge in [-0.25, -0.2) is 4.67 Å². The van der Waals surface area contributed by atoms with Gasteiger partial charge in [0.25, 0.3) is 0 Å². The number of nitrogens with zero attached hydrogens (tertiary/aromatic N) is 1. The molecule has 3 aromatic carbocycles. The molecule has 1 N–H and O–H groups in total. The monoisotopic (exact) mass is 378 g/mol. The van der Waals surface area contributed by atoms with Crippen molar-refractivity contribution in [1.82, 2.24) is 9.99 Å². The van der Waals surface area contributed by atoms with E-state index in [1.807, 2.05) is 73.4 Å². The fourth-order valence-corrected chi connectivity index (χ4v) is 5.07. The van der Waals surface area contributed by atoms with Crippen molar-refractivity contribution in [3.05, 3.63) is 102 Å². The van der Waals surface area contributed by atoms with Crippen LogP contribution in [0.4, 0.5) is 0 Å². The molecule has 3 rings (SSSR count). The predicted molar refractivity (Wildman–Crippen MR) is 115 cm³/mol. The summed E-state index contributed by atoms with van der Waals surface area (Å²) >= 11 is 0. The van der Waals surface area contributed by atoms with Gasteiger partial charge < -0.3 is 9.88 Å². The molecule has 0 saturated heterocycles. The molecule has 0 saturated carbocycles. The molecule has 0 aliphatic heterocycles. The quantitative estimate of drug-likeness (QED) is 0.439. The first kappa shape index (κ1) is 19.6. The highest BCUT2D eigenvalue weighted by Crippen LogP contribution is 2.45. The van der Waals surface area contributed by atoms with Crippen LogP contribution in [0.2, 0.25) is 0 Å². The maximum atomic E-state index is 13.7. The third kappa shape index (κ3) is 5.64. The van der Waals surface area contributed by atoms with Crippen molar-refractivity contribution >= 4 is 12.6 Å². The second-order valence-corrected chi connectivity index (χ2v) is 9.59. The Hall–Kier alpha value is -2.19. The third-order valence-electron chi connectivity index (χ3n) is 4.70. The molecule has 3 nitrogen and oxygen atoms in total. The first-order chi connectivity index (χ1) is 13.2. The summed E-state index contributed by atoms with van der Waals surface area (Å²) in [7, 11) is -2.64. The molecule has 27 heavy (non-hydrogen) atoms. The summed E-state index contributed by atoms with van der Waals surface area (Å²) in [5.74, 6) is 0. The molecule has 0 spiro atoms. The van der Waals surface area contributed by atoms with E-state index >= 15 is 0 Å². The van der Waals surface area contributed by atoms with Crippen LogP contribution in [0.3, 0.4) is 0 Å². The Kier molecular flexibility index (Phi) is 7.00. The number of benzene rings is 3. The zero-order chi connectivity index (χ0) is 19.0. The van der Waals surface area contributed by atoms with Gasteiger partial charge >= 0.3 is 0 Å². The number of hydrogen-bond donors (Lipinski definition) is 1. The molecule has 0 bridgehead atoms. The predicted octanol–water partition coefficient (Wildman–Crippen LogP) is 4.51. The van der Waals surface area contributed by atoms with Gasteiger partial charge in [0, 0.05) is 38.1 Å². The highest BCUT2D eigenvalue weighted by Gasteiger charge is 2.26. The minimum absolute atomic E-state index is 0.677. The van der Waals surface area contributed by atoms with E-state index in [2.05, 4.69) is 34.3 Å². The van der Waals surface area contributed by atoms with Crippen LogP contribution < -0.4 is 10.6 Å². The van der Waals surface area contributed by atoms with E-state index in [0.29, 0.717) is 6.54 Å². The van der Waals surface area contributed by atoms with Gasteiger partial charge in [0.15, 0.2) is 7.29 Å². The Morgan fingerprint density at radius 3 is 1.89 bits per heavy atom. The van der Waals surface area contributed by atoms with Crippen LogP contribution in [-0.4, -0.2) is 24.4 Å². The molecule has 3 aromatic rings. The zero-order valence-electron chi connectivity index (χ0n) is 15.8. The fraction of sp³-hybridized carbons (Fsp3) is 0.217. The summed E-state index contributed by atoms with van der Waals surface area (Å²) < 4.78 is 15.8. The number of hydrogen-bond acceptors (Lipinski definition) is 2. The van der Waals surface area contributed by atoms with E-state index in [1.165, 1.54) is 11.1 Å². The SMILES string of the molecule is CP(=O)(c1ccccc1)N(CCNCc1ccccc1)Cc1ccccc1. The van der Waals surface area contributed by atoms with Crippen molar-refractivity contribution in [3.8, 4) is 0 Å². The van der Waals surface area contributed by atoms with E-state index in [1.54, 1.807) is 0 Å².